The molecule has 0 aromatic heterocycles. The quantitative estimate of drug-likeness (QED) is 0.0261. The number of allylic oxidation sites excluding steroid dienone is 6. The Morgan fingerprint density at radius 2 is 0.500 bits per heavy atom. The van der Waals surface area contributed by atoms with Crippen molar-refractivity contribution in [2.75, 3.05) is 13.2 Å². The monoisotopic (exact) mass is 1100 g/mol. The van der Waals surface area contributed by atoms with Crippen LogP contribution in [0.5, 0.6) is 0 Å². The second kappa shape index (κ2) is 67.1. The first-order chi connectivity index (χ1) is 38.5. The van der Waals surface area contributed by atoms with Gasteiger partial charge >= 0.3 is 17.9 Å². The standard InChI is InChI=1S/C72H134O6/c1-4-7-10-13-16-19-22-25-28-29-30-31-32-33-34-35-36-37-38-39-40-41-42-43-45-47-50-53-56-59-62-65-71(74)77-68-69(67-76-70(73)64-61-58-55-52-49-46-27-24-21-18-15-12-9-6-3)78-72(75)66-63-60-57-54-51-48-44-26-23-20-17-14-11-8-5-2/h8,11,17,20,26,44,69H,4-7,9-10,12-16,18-19,21-25,27-43,45-68H2,1-3H3/b11-8-,20-17-,44-26-. The van der Waals surface area contributed by atoms with Crippen molar-refractivity contribution in [3.8, 4) is 0 Å². The highest BCUT2D eigenvalue weighted by atomic mass is 16.6. The molecule has 78 heavy (non-hydrogen) atoms. The minimum Gasteiger partial charge on any atom is -0.462 e. The van der Waals surface area contributed by atoms with Gasteiger partial charge in [-0.3, -0.25) is 14.4 Å². The molecule has 1 unspecified atom stereocenters. The van der Waals surface area contributed by atoms with E-state index in [0.29, 0.717) is 19.3 Å². The van der Waals surface area contributed by atoms with Gasteiger partial charge in [-0.1, -0.05) is 353 Å². The molecule has 0 rings (SSSR count). The SMILES string of the molecule is CC/C=C\C/C=C\C/C=C\CCCCCCCC(=O)OC(COC(=O)CCCCCCCCCCCCCCCC)COC(=O)CCCCCCCCCCCCCCCCCCCCCCCCCCCCCCCCC. The third kappa shape index (κ3) is 64.5. The van der Waals surface area contributed by atoms with E-state index in [-0.39, 0.29) is 31.1 Å². The lowest BCUT2D eigenvalue weighted by Crippen LogP contribution is -2.30. The maximum Gasteiger partial charge on any atom is 0.306 e. The average Bonchev–Trinajstić information content (AvgIpc) is 3.44. The molecule has 0 N–H and O–H groups in total. The Kier molecular flexibility index (Phi) is 65.1. The van der Waals surface area contributed by atoms with Gasteiger partial charge in [0.05, 0.1) is 0 Å². The van der Waals surface area contributed by atoms with Crippen LogP contribution in [-0.4, -0.2) is 37.2 Å². The van der Waals surface area contributed by atoms with E-state index in [1.165, 1.54) is 250 Å². The van der Waals surface area contributed by atoms with Crippen LogP contribution in [-0.2, 0) is 28.6 Å². The summed E-state index contributed by atoms with van der Waals surface area (Å²) in [5, 5.41) is 0. The van der Waals surface area contributed by atoms with Crippen molar-refractivity contribution < 1.29 is 28.6 Å². The maximum absolute atomic E-state index is 12.9. The van der Waals surface area contributed by atoms with Crippen molar-refractivity contribution in [2.24, 2.45) is 0 Å². The predicted molar refractivity (Wildman–Crippen MR) is 339 cm³/mol. The maximum atomic E-state index is 12.9. The van der Waals surface area contributed by atoms with E-state index in [1.54, 1.807) is 0 Å². The first kappa shape index (κ1) is 75.6. The molecule has 0 amide bonds. The van der Waals surface area contributed by atoms with Gasteiger partial charge in [0.25, 0.3) is 0 Å². The zero-order valence-corrected chi connectivity index (χ0v) is 52.7. The van der Waals surface area contributed by atoms with Gasteiger partial charge in [0.1, 0.15) is 13.2 Å². The zero-order chi connectivity index (χ0) is 56.4. The van der Waals surface area contributed by atoms with Crippen molar-refractivity contribution >= 4 is 17.9 Å². The largest absolute Gasteiger partial charge is 0.462 e. The van der Waals surface area contributed by atoms with E-state index in [2.05, 4.69) is 57.2 Å². The molecule has 0 aromatic carbocycles. The van der Waals surface area contributed by atoms with Crippen molar-refractivity contribution in [3.63, 3.8) is 0 Å². The Bertz CT molecular complexity index is 1300. The molecule has 0 aromatic rings. The fourth-order valence-electron chi connectivity index (χ4n) is 10.7. The van der Waals surface area contributed by atoms with Crippen molar-refractivity contribution in [3.05, 3.63) is 36.5 Å². The van der Waals surface area contributed by atoms with E-state index >= 15 is 0 Å². The molecule has 0 saturated carbocycles. The molecule has 6 heteroatoms. The molecule has 6 nitrogen and oxygen atoms in total. The fraction of sp³-hybridized carbons (Fsp3) is 0.875. The predicted octanol–water partition coefficient (Wildman–Crippen LogP) is 23.9. The Labute approximate surface area is 486 Å². The number of hydrogen-bond donors (Lipinski definition) is 0. The van der Waals surface area contributed by atoms with E-state index in [1.807, 2.05) is 0 Å². The number of carbonyl (C=O) groups excluding carboxylic acids is 3. The molecule has 0 saturated heterocycles. The van der Waals surface area contributed by atoms with Crippen LogP contribution in [0.15, 0.2) is 36.5 Å². The van der Waals surface area contributed by atoms with E-state index in [4.69, 9.17) is 14.2 Å². The summed E-state index contributed by atoms with van der Waals surface area (Å²) in [4.78, 5) is 38.3. The number of rotatable bonds is 65. The van der Waals surface area contributed by atoms with Crippen LogP contribution in [0, 0.1) is 0 Å². The van der Waals surface area contributed by atoms with Crippen molar-refractivity contribution in [2.45, 2.75) is 393 Å². The van der Waals surface area contributed by atoms with Crippen LogP contribution < -0.4 is 0 Å². The molecule has 0 spiro atoms. The first-order valence-electron chi connectivity index (χ1n) is 35.0. The third-order valence-corrected chi connectivity index (χ3v) is 15.9. The van der Waals surface area contributed by atoms with E-state index < -0.39 is 6.10 Å². The molecule has 0 aliphatic carbocycles. The van der Waals surface area contributed by atoms with Crippen LogP contribution in [0.1, 0.15) is 387 Å². The molecule has 0 heterocycles. The summed E-state index contributed by atoms with van der Waals surface area (Å²) >= 11 is 0. The van der Waals surface area contributed by atoms with Gasteiger partial charge in [0.2, 0.25) is 0 Å². The Hall–Kier alpha value is -2.37. The Morgan fingerprint density at radius 1 is 0.269 bits per heavy atom. The summed E-state index contributed by atoms with van der Waals surface area (Å²) in [7, 11) is 0. The van der Waals surface area contributed by atoms with Crippen molar-refractivity contribution in [1.82, 2.24) is 0 Å². The molecule has 458 valence electrons. The number of carbonyl (C=O) groups is 3. The van der Waals surface area contributed by atoms with Crippen LogP contribution in [0.2, 0.25) is 0 Å². The second-order valence-electron chi connectivity index (χ2n) is 23.8. The van der Waals surface area contributed by atoms with Crippen LogP contribution in [0.4, 0.5) is 0 Å². The zero-order valence-electron chi connectivity index (χ0n) is 52.7. The molecule has 0 radical (unpaired) electrons. The summed E-state index contributed by atoms with van der Waals surface area (Å²) in [5.74, 6) is -0.864. The molecule has 0 aliphatic rings. The highest BCUT2D eigenvalue weighted by molar-refractivity contribution is 5.71. The van der Waals surface area contributed by atoms with E-state index in [9.17, 15) is 14.4 Å². The molecule has 0 fully saturated rings. The molecule has 0 aliphatic heterocycles. The minimum absolute atomic E-state index is 0.0739. The number of esters is 3. The topological polar surface area (TPSA) is 78.9 Å². The van der Waals surface area contributed by atoms with Crippen LogP contribution in [0.3, 0.4) is 0 Å². The molecular formula is C72H134O6. The van der Waals surface area contributed by atoms with Gasteiger partial charge in [0, 0.05) is 19.3 Å². The summed E-state index contributed by atoms with van der Waals surface area (Å²) in [5.41, 5.74) is 0. The van der Waals surface area contributed by atoms with Gasteiger partial charge < -0.3 is 14.2 Å². The van der Waals surface area contributed by atoms with Gasteiger partial charge in [0.15, 0.2) is 6.10 Å². The summed E-state index contributed by atoms with van der Waals surface area (Å²) < 4.78 is 16.9. The fourth-order valence-corrected chi connectivity index (χ4v) is 10.7. The summed E-state index contributed by atoms with van der Waals surface area (Å²) in [6, 6.07) is 0. The molecular weight excluding hydrogens is 961 g/mol. The van der Waals surface area contributed by atoms with Gasteiger partial charge in [-0.25, -0.2) is 0 Å². The van der Waals surface area contributed by atoms with Gasteiger partial charge in [-0.05, 0) is 51.4 Å². The molecule has 1 atom stereocenters. The second-order valence-corrected chi connectivity index (χ2v) is 23.8. The average molecular weight is 1100 g/mol. The lowest BCUT2D eigenvalue weighted by atomic mass is 10.0. The lowest BCUT2D eigenvalue weighted by molar-refractivity contribution is -0.167. The van der Waals surface area contributed by atoms with Crippen LogP contribution in [0.25, 0.3) is 0 Å². The first-order valence-corrected chi connectivity index (χ1v) is 35.0. The minimum atomic E-state index is -0.778. The number of ether oxygens (including phenoxy) is 3. The number of hydrogen-bond acceptors (Lipinski definition) is 6. The lowest BCUT2D eigenvalue weighted by Gasteiger charge is -2.18. The third-order valence-electron chi connectivity index (χ3n) is 15.9. The molecule has 0 bridgehead atoms. The van der Waals surface area contributed by atoms with Gasteiger partial charge in [-0.15, -0.1) is 0 Å². The van der Waals surface area contributed by atoms with Gasteiger partial charge in [-0.2, -0.15) is 0 Å². The highest BCUT2D eigenvalue weighted by Crippen LogP contribution is 2.19. The van der Waals surface area contributed by atoms with E-state index in [0.717, 1.165) is 96.3 Å². The number of unbranched alkanes of at least 4 members (excludes halogenated alkanes) is 48. The highest BCUT2D eigenvalue weighted by Gasteiger charge is 2.19. The summed E-state index contributed by atoms with van der Waals surface area (Å²) in [6.45, 7) is 6.58. The van der Waals surface area contributed by atoms with Crippen molar-refractivity contribution in [1.29, 1.82) is 0 Å². The Morgan fingerprint density at radius 3 is 0.782 bits per heavy atom. The normalized spacial score (nSPS) is 12.2. The Balaban J connectivity index is 4.12. The summed E-state index contributed by atoms with van der Waals surface area (Å²) in [6.07, 6.45) is 83.3. The van der Waals surface area contributed by atoms with Crippen LogP contribution >= 0.6 is 0 Å². The smallest absolute Gasteiger partial charge is 0.306 e.